The van der Waals surface area contributed by atoms with Crippen LogP contribution in [0.3, 0.4) is 0 Å². The minimum atomic E-state index is -4.20. The van der Waals surface area contributed by atoms with Gasteiger partial charge in [-0.25, -0.2) is 8.42 Å². The quantitative estimate of drug-likeness (QED) is 0.909. The molecule has 114 valence electrons. The van der Waals surface area contributed by atoms with E-state index in [0.717, 1.165) is 11.8 Å². The van der Waals surface area contributed by atoms with E-state index < -0.39 is 28.5 Å². The summed E-state index contributed by atoms with van der Waals surface area (Å²) >= 11 is 0. The molecule has 1 rings (SSSR count). The average molecular weight is 309 g/mol. The molecule has 2 atom stereocenters. The molecule has 7 heteroatoms. The largest absolute Gasteiger partial charge is 0.390 e. The van der Waals surface area contributed by atoms with E-state index in [9.17, 15) is 21.6 Å². The summed E-state index contributed by atoms with van der Waals surface area (Å²) in [5.41, 5.74) is 0.742. The Morgan fingerprint density at radius 2 is 1.65 bits per heavy atom. The maximum atomic E-state index is 12.2. The van der Waals surface area contributed by atoms with Crippen LogP contribution in [0.5, 0.6) is 0 Å². The molecule has 0 aromatic heterocycles. The zero-order valence-electron chi connectivity index (χ0n) is 11.5. The first-order valence-corrected chi connectivity index (χ1v) is 8.01. The van der Waals surface area contributed by atoms with Crippen LogP contribution in [0.15, 0.2) is 29.2 Å². The second-order valence-electron chi connectivity index (χ2n) is 4.95. The van der Waals surface area contributed by atoms with Crippen LogP contribution >= 0.6 is 0 Å². The number of hydrogen-bond acceptors (Lipinski definition) is 3. The zero-order chi connectivity index (χ0) is 15.6. The average Bonchev–Trinajstić information content (AvgIpc) is 2.25. The Kier molecular flexibility index (Phi) is 5.21. The van der Waals surface area contributed by atoms with Gasteiger partial charge in [0, 0.05) is 18.3 Å². The third-order valence-corrected chi connectivity index (χ3v) is 4.01. The number of sulfone groups is 1. The summed E-state index contributed by atoms with van der Waals surface area (Å²) in [5, 5.41) is 2.84. The highest BCUT2D eigenvalue weighted by atomic mass is 32.2. The van der Waals surface area contributed by atoms with Crippen molar-refractivity contribution in [3.63, 3.8) is 0 Å². The summed E-state index contributed by atoms with van der Waals surface area (Å²) in [6.07, 6.45) is -4.00. The van der Waals surface area contributed by atoms with Gasteiger partial charge in [-0.3, -0.25) is 0 Å². The molecule has 0 radical (unpaired) electrons. The van der Waals surface area contributed by atoms with Crippen molar-refractivity contribution in [1.29, 1.82) is 0 Å². The fourth-order valence-corrected chi connectivity index (χ4v) is 2.56. The van der Waals surface area contributed by atoms with Gasteiger partial charge in [-0.2, -0.15) is 13.2 Å². The van der Waals surface area contributed by atoms with E-state index >= 15 is 0 Å². The van der Waals surface area contributed by atoms with Crippen molar-refractivity contribution < 1.29 is 21.6 Å². The molecule has 20 heavy (non-hydrogen) atoms. The molecule has 0 fully saturated rings. The number of alkyl halides is 3. The maximum Gasteiger partial charge on any atom is 0.390 e. The normalized spacial score (nSPS) is 15.9. The van der Waals surface area contributed by atoms with Crippen LogP contribution in [0.2, 0.25) is 0 Å². The van der Waals surface area contributed by atoms with Crippen LogP contribution in [-0.4, -0.2) is 26.9 Å². The molecule has 1 aromatic rings. The summed E-state index contributed by atoms with van der Waals surface area (Å²) in [4.78, 5) is 0.191. The van der Waals surface area contributed by atoms with Crippen LogP contribution in [-0.2, 0) is 9.84 Å². The molecule has 0 amide bonds. The molecule has 3 nitrogen and oxygen atoms in total. The van der Waals surface area contributed by atoms with Crippen LogP contribution in [0, 0.1) is 0 Å². The third-order valence-electron chi connectivity index (χ3n) is 2.88. The topological polar surface area (TPSA) is 46.2 Å². The van der Waals surface area contributed by atoms with Gasteiger partial charge in [0.15, 0.2) is 9.84 Å². The minimum absolute atomic E-state index is 0.191. The number of rotatable bonds is 5. The maximum absolute atomic E-state index is 12.2. The molecule has 0 heterocycles. The molecule has 0 saturated carbocycles. The lowest BCUT2D eigenvalue weighted by Gasteiger charge is -2.21. The van der Waals surface area contributed by atoms with Gasteiger partial charge in [0.05, 0.1) is 11.3 Å². The predicted molar refractivity (Wildman–Crippen MR) is 71.2 cm³/mol. The Morgan fingerprint density at radius 1 is 1.15 bits per heavy atom. The molecule has 0 saturated heterocycles. The van der Waals surface area contributed by atoms with E-state index in [-0.39, 0.29) is 10.9 Å². The van der Waals surface area contributed by atoms with E-state index in [1.807, 2.05) is 0 Å². The van der Waals surface area contributed by atoms with Crippen molar-refractivity contribution in [2.45, 2.75) is 43.4 Å². The van der Waals surface area contributed by atoms with Crippen molar-refractivity contribution in [2.75, 3.05) is 6.26 Å². The lowest BCUT2D eigenvalue weighted by atomic mass is 10.1. The molecule has 1 N–H and O–H groups in total. The monoisotopic (exact) mass is 309 g/mol. The summed E-state index contributed by atoms with van der Waals surface area (Å²) in [7, 11) is -3.26. The molecule has 0 aliphatic heterocycles. The van der Waals surface area contributed by atoms with E-state index in [0.29, 0.717) is 0 Å². The predicted octanol–water partition coefficient (Wildman–Crippen LogP) is 3.08. The van der Waals surface area contributed by atoms with Gasteiger partial charge in [-0.05, 0) is 31.5 Å². The SMILES string of the molecule is CC(CC(F)(F)F)NC(C)c1ccc(S(C)(=O)=O)cc1. The van der Waals surface area contributed by atoms with Crippen molar-refractivity contribution >= 4 is 9.84 Å². The first-order valence-electron chi connectivity index (χ1n) is 6.12. The Balaban J connectivity index is 2.71. The highest BCUT2D eigenvalue weighted by molar-refractivity contribution is 7.90. The summed E-state index contributed by atoms with van der Waals surface area (Å²) in [6, 6.07) is 5.12. The molecular formula is C13H18F3NO2S. The highest BCUT2D eigenvalue weighted by Gasteiger charge is 2.30. The van der Waals surface area contributed by atoms with Crippen molar-refractivity contribution in [3.8, 4) is 0 Å². The van der Waals surface area contributed by atoms with Crippen LogP contribution in [0.4, 0.5) is 13.2 Å². The Hall–Kier alpha value is -1.08. The van der Waals surface area contributed by atoms with E-state index in [4.69, 9.17) is 0 Å². The van der Waals surface area contributed by atoms with Gasteiger partial charge >= 0.3 is 6.18 Å². The fourth-order valence-electron chi connectivity index (χ4n) is 1.93. The van der Waals surface area contributed by atoms with Crippen LogP contribution < -0.4 is 5.32 Å². The molecule has 0 aliphatic rings. The second-order valence-corrected chi connectivity index (χ2v) is 6.97. The Bertz CT molecular complexity index is 538. The molecular weight excluding hydrogens is 291 g/mol. The summed E-state index contributed by atoms with van der Waals surface area (Å²) < 4.78 is 59.3. The second kappa shape index (κ2) is 6.13. The van der Waals surface area contributed by atoms with Gasteiger partial charge in [-0.15, -0.1) is 0 Å². The van der Waals surface area contributed by atoms with Gasteiger partial charge in [-0.1, -0.05) is 12.1 Å². The lowest BCUT2D eigenvalue weighted by molar-refractivity contribution is -0.139. The minimum Gasteiger partial charge on any atom is -0.307 e. The Labute approximate surface area is 117 Å². The fraction of sp³-hybridized carbons (Fsp3) is 0.538. The van der Waals surface area contributed by atoms with E-state index in [2.05, 4.69) is 5.32 Å². The van der Waals surface area contributed by atoms with Gasteiger partial charge in [0.2, 0.25) is 0 Å². The first kappa shape index (κ1) is 17.0. The van der Waals surface area contributed by atoms with E-state index in [1.54, 1.807) is 19.1 Å². The number of hydrogen-bond donors (Lipinski definition) is 1. The number of benzene rings is 1. The molecule has 1 aromatic carbocycles. The molecule has 0 spiro atoms. The van der Waals surface area contributed by atoms with Gasteiger partial charge in [0.1, 0.15) is 0 Å². The lowest BCUT2D eigenvalue weighted by Crippen LogP contribution is -2.33. The first-order chi connectivity index (χ1) is 8.99. The number of halogens is 3. The van der Waals surface area contributed by atoms with E-state index in [1.165, 1.54) is 19.1 Å². The highest BCUT2D eigenvalue weighted by Crippen LogP contribution is 2.23. The summed E-state index contributed by atoms with van der Waals surface area (Å²) in [5.74, 6) is 0. The van der Waals surface area contributed by atoms with Crippen molar-refractivity contribution in [1.82, 2.24) is 5.32 Å². The summed E-state index contributed by atoms with van der Waals surface area (Å²) in [6.45, 7) is 3.21. The van der Waals surface area contributed by atoms with Crippen LogP contribution in [0.25, 0.3) is 0 Å². The van der Waals surface area contributed by atoms with Gasteiger partial charge < -0.3 is 5.32 Å². The molecule has 0 aliphatic carbocycles. The van der Waals surface area contributed by atoms with Crippen LogP contribution in [0.1, 0.15) is 31.9 Å². The zero-order valence-corrected chi connectivity index (χ0v) is 12.3. The third kappa shape index (κ3) is 5.50. The van der Waals surface area contributed by atoms with Crippen molar-refractivity contribution in [3.05, 3.63) is 29.8 Å². The standard InChI is InChI=1S/C13H18F3NO2S/c1-9(8-13(14,15)16)17-10(2)11-4-6-12(7-5-11)20(3,18)19/h4-7,9-10,17H,8H2,1-3H3. The van der Waals surface area contributed by atoms with Gasteiger partial charge in [0.25, 0.3) is 0 Å². The van der Waals surface area contributed by atoms with Crippen molar-refractivity contribution in [2.24, 2.45) is 0 Å². The smallest absolute Gasteiger partial charge is 0.307 e. The molecule has 0 bridgehead atoms. The Morgan fingerprint density at radius 3 is 2.05 bits per heavy atom. The molecule has 2 unspecified atom stereocenters. The number of nitrogens with one attached hydrogen (secondary N) is 1.